The highest BCUT2D eigenvalue weighted by molar-refractivity contribution is 6.30. The van der Waals surface area contributed by atoms with Crippen LogP contribution in [0.15, 0.2) is 48.5 Å². The first-order valence-electron chi connectivity index (χ1n) is 8.28. The van der Waals surface area contributed by atoms with Gasteiger partial charge in [-0.25, -0.2) is 9.18 Å². The predicted molar refractivity (Wildman–Crippen MR) is 98.7 cm³/mol. The first kappa shape index (κ1) is 18.8. The highest BCUT2D eigenvalue weighted by atomic mass is 35.5. The van der Waals surface area contributed by atoms with Crippen molar-refractivity contribution in [3.05, 3.63) is 64.9 Å². The zero-order valence-corrected chi connectivity index (χ0v) is 15.2. The van der Waals surface area contributed by atoms with Crippen LogP contribution in [0.25, 0.3) is 0 Å². The van der Waals surface area contributed by atoms with Gasteiger partial charge in [0, 0.05) is 17.3 Å². The van der Waals surface area contributed by atoms with Crippen LogP contribution in [-0.4, -0.2) is 35.3 Å². The Morgan fingerprint density at radius 1 is 1.11 bits per heavy atom. The summed E-state index contributed by atoms with van der Waals surface area (Å²) in [7, 11) is 0. The monoisotopic (exact) mass is 389 g/mol. The molecule has 0 aromatic heterocycles. The lowest BCUT2D eigenvalue weighted by atomic mass is 10.2. The minimum Gasteiger partial charge on any atom is -0.350 e. The minimum atomic E-state index is -0.771. The fraction of sp³-hybridized carbons (Fsp3) is 0.211. The summed E-state index contributed by atoms with van der Waals surface area (Å²) in [5, 5.41) is 3.26. The zero-order chi connectivity index (χ0) is 19.6. The number of carbonyl (C=O) groups is 3. The molecule has 140 valence electrons. The number of hydrogen-bond donors (Lipinski definition) is 1. The number of imide groups is 1. The van der Waals surface area contributed by atoms with E-state index in [1.165, 1.54) is 29.2 Å². The van der Waals surface area contributed by atoms with Crippen LogP contribution in [0.3, 0.4) is 0 Å². The fourth-order valence-corrected chi connectivity index (χ4v) is 2.94. The lowest BCUT2D eigenvalue weighted by Gasteiger charge is -2.19. The second-order valence-electron chi connectivity index (χ2n) is 6.13. The van der Waals surface area contributed by atoms with Crippen molar-refractivity contribution in [2.45, 2.75) is 19.5 Å². The molecule has 1 saturated heterocycles. The Morgan fingerprint density at radius 2 is 1.74 bits per heavy atom. The van der Waals surface area contributed by atoms with E-state index in [1.54, 1.807) is 31.2 Å². The second kappa shape index (κ2) is 7.75. The molecule has 1 atom stereocenters. The Labute approximate surface area is 160 Å². The van der Waals surface area contributed by atoms with Gasteiger partial charge in [0.15, 0.2) is 0 Å². The summed E-state index contributed by atoms with van der Waals surface area (Å²) in [5.41, 5.74) is 1.24. The summed E-state index contributed by atoms with van der Waals surface area (Å²) in [4.78, 5) is 39.3. The van der Waals surface area contributed by atoms with Crippen LogP contribution in [0.2, 0.25) is 5.02 Å². The van der Waals surface area contributed by atoms with E-state index in [-0.39, 0.29) is 13.1 Å². The molecule has 0 aliphatic carbocycles. The molecule has 27 heavy (non-hydrogen) atoms. The van der Waals surface area contributed by atoms with Gasteiger partial charge in [-0.2, -0.15) is 0 Å². The molecule has 0 unspecified atom stereocenters. The second-order valence-corrected chi connectivity index (χ2v) is 6.57. The third-order valence-corrected chi connectivity index (χ3v) is 4.51. The Balaban J connectivity index is 1.64. The number of amides is 4. The van der Waals surface area contributed by atoms with E-state index in [0.717, 1.165) is 10.5 Å². The zero-order valence-electron chi connectivity index (χ0n) is 14.5. The van der Waals surface area contributed by atoms with Crippen LogP contribution in [0.1, 0.15) is 12.5 Å². The van der Waals surface area contributed by atoms with Gasteiger partial charge < -0.3 is 5.32 Å². The lowest BCUT2D eigenvalue weighted by molar-refractivity contribution is -0.131. The van der Waals surface area contributed by atoms with Gasteiger partial charge in [-0.05, 0) is 48.9 Å². The van der Waals surface area contributed by atoms with E-state index in [0.29, 0.717) is 10.7 Å². The topological polar surface area (TPSA) is 69.7 Å². The summed E-state index contributed by atoms with van der Waals surface area (Å²) >= 11 is 5.81. The maximum Gasteiger partial charge on any atom is 0.332 e. The SMILES string of the molecule is C[C@@H]1C(=O)N(CC(=O)NCc2ccc(Cl)cc2)C(=O)N1c1ccc(F)cc1. The van der Waals surface area contributed by atoms with Crippen LogP contribution < -0.4 is 10.2 Å². The number of halogens is 2. The molecule has 1 aliphatic rings. The molecule has 1 aliphatic heterocycles. The summed E-state index contributed by atoms with van der Waals surface area (Å²) < 4.78 is 13.1. The van der Waals surface area contributed by atoms with Crippen molar-refractivity contribution < 1.29 is 18.8 Å². The maximum atomic E-state index is 13.1. The minimum absolute atomic E-state index is 0.253. The number of benzene rings is 2. The van der Waals surface area contributed by atoms with Gasteiger partial charge in [0.05, 0.1) is 0 Å². The number of carbonyl (C=O) groups excluding carboxylic acids is 3. The number of nitrogens with one attached hydrogen (secondary N) is 1. The van der Waals surface area contributed by atoms with Gasteiger partial charge in [0.2, 0.25) is 5.91 Å². The standard InChI is InChI=1S/C19H17ClFN3O3/c1-12-18(26)23(19(27)24(12)16-8-6-15(21)7-9-16)11-17(25)22-10-13-2-4-14(20)5-3-13/h2-9,12H,10-11H2,1H3,(H,22,25)/t12-/m1/s1. The molecule has 1 N–H and O–H groups in total. The van der Waals surface area contributed by atoms with E-state index < -0.39 is 29.7 Å². The molecule has 1 heterocycles. The van der Waals surface area contributed by atoms with Crippen molar-refractivity contribution in [2.75, 3.05) is 11.4 Å². The number of hydrogen-bond acceptors (Lipinski definition) is 3. The number of urea groups is 1. The number of nitrogens with zero attached hydrogens (tertiary/aromatic N) is 2. The average Bonchev–Trinajstić information content (AvgIpc) is 2.86. The van der Waals surface area contributed by atoms with Crippen molar-refractivity contribution >= 4 is 35.1 Å². The molecule has 6 nitrogen and oxygen atoms in total. The summed E-state index contributed by atoms with van der Waals surface area (Å²) in [6.45, 7) is 1.44. The third kappa shape index (κ3) is 4.09. The Morgan fingerprint density at radius 3 is 2.37 bits per heavy atom. The van der Waals surface area contributed by atoms with Gasteiger partial charge in [0.25, 0.3) is 5.91 Å². The first-order valence-corrected chi connectivity index (χ1v) is 8.66. The highest BCUT2D eigenvalue weighted by Gasteiger charge is 2.43. The summed E-state index contributed by atoms with van der Waals surface area (Å²) in [6, 6.07) is 10.8. The van der Waals surface area contributed by atoms with Crippen LogP contribution in [-0.2, 0) is 16.1 Å². The Bertz CT molecular complexity index is 871. The van der Waals surface area contributed by atoms with E-state index in [4.69, 9.17) is 11.6 Å². The molecule has 0 saturated carbocycles. The van der Waals surface area contributed by atoms with Gasteiger partial charge in [-0.3, -0.25) is 19.4 Å². The van der Waals surface area contributed by atoms with Crippen LogP contribution >= 0.6 is 11.6 Å². The molecule has 0 bridgehead atoms. The largest absolute Gasteiger partial charge is 0.350 e. The molecule has 4 amide bonds. The summed E-state index contributed by atoms with van der Waals surface area (Å²) in [5.74, 6) is -1.38. The Hall–Kier alpha value is -2.93. The predicted octanol–water partition coefficient (Wildman–Crippen LogP) is 2.95. The molecular formula is C19H17ClFN3O3. The van der Waals surface area contributed by atoms with E-state index in [1.807, 2.05) is 0 Å². The molecule has 8 heteroatoms. The molecule has 1 fully saturated rings. The van der Waals surface area contributed by atoms with Crippen molar-refractivity contribution in [3.8, 4) is 0 Å². The van der Waals surface area contributed by atoms with Gasteiger partial charge in [-0.15, -0.1) is 0 Å². The normalized spacial score (nSPS) is 16.8. The van der Waals surface area contributed by atoms with Crippen molar-refractivity contribution in [3.63, 3.8) is 0 Å². The third-order valence-electron chi connectivity index (χ3n) is 4.26. The molecule has 2 aromatic rings. The first-order chi connectivity index (χ1) is 12.9. The molecule has 0 radical (unpaired) electrons. The Kier molecular flexibility index (Phi) is 5.41. The van der Waals surface area contributed by atoms with E-state index >= 15 is 0 Å². The van der Waals surface area contributed by atoms with Crippen molar-refractivity contribution in [2.24, 2.45) is 0 Å². The molecule has 0 spiro atoms. The van der Waals surface area contributed by atoms with Crippen LogP contribution in [0.5, 0.6) is 0 Å². The lowest BCUT2D eigenvalue weighted by Crippen LogP contribution is -2.41. The quantitative estimate of drug-likeness (QED) is 0.799. The fourth-order valence-electron chi connectivity index (χ4n) is 2.81. The maximum absolute atomic E-state index is 13.1. The van der Waals surface area contributed by atoms with Crippen molar-refractivity contribution in [1.29, 1.82) is 0 Å². The molecule has 3 rings (SSSR count). The number of anilines is 1. The number of rotatable bonds is 5. The molecular weight excluding hydrogens is 373 g/mol. The highest BCUT2D eigenvalue weighted by Crippen LogP contribution is 2.25. The van der Waals surface area contributed by atoms with Crippen LogP contribution in [0.4, 0.5) is 14.9 Å². The average molecular weight is 390 g/mol. The summed E-state index contributed by atoms with van der Waals surface area (Å²) in [6.07, 6.45) is 0. The van der Waals surface area contributed by atoms with E-state index in [9.17, 15) is 18.8 Å². The smallest absolute Gasteiger partial charge is 0.332 e. The van der Waals surface area contributed by atoms with Crippen molar-refractivity contribution in [1.82, 2.24) is 10.2 Å². The van der Waals surface area contributed by atoms with Gasteiger partial charge in [-0.1, -0.05) is 23.7 Å². The molecule has 2 aromatic carbocycles. The van der Waals surface area contributed by atoms with Crippen LogP contribution in [0, 0.1) is 5.82 Å². The van der Waals surface area contributed by atoms with Gasteiger partial charge in [0.1, 0.15) is 18.4 Å². The van der Waals surface area contributed by atoms with Gasteiger partial charge >= 0.3 is 6.03 Å². The van der Waals surface area contributed by atoms with E-state index in [2.05, 4.69) is 5.32 Å².